The number of nitrogen functional groups attached to an aromatic ring is 1. The van der Waals surface area contributed by atoms with Crippen molar-refractivity contribution in [3.05, 3.63) is 66.7 Å². The standard InChI is InChI=1S/C18H12N6/c19-8-12-3-4-22-18(5-12)24-17-7-13(1-2-14(17)10-23-24)15-6-16(20)11-21-9-15/h1-7,9-11H,20H2. The lowest BCUT2D eigenvalue weighted by Crippen LogP contribution is -1.99. The highest BCUT2D eigenvalue weighted by Crippen LogP contribution is 2.26. The summed E-state index contributed by atoms with van der Waals surface area (Å²) in [6.45, 7) is 0. The van der Waals surface area contributed by atoms with E-state index in [1.165, 1.54) is 0 Å². The summed E-state index contributed by atoms with van der Waals surface area (Å²) in [6.07, 6.45) is 6.76. The molecule has 0 amide bonds. The van der Waals surface area contributed by atoms with Gasteiger partial charge in [-0.15, -0.1) is 0 Å². The van der Waals surface area contributed by atoms with Crippen LogP contribution in [0.15, 0.2) is 61.2 Å². The van der Waals surface area contributed by atoms with E-state index in [4.69, 9.17) is 11.0 Å². The summed E-state index contributed by atoms with van der Waals surface area (Å²) in [5.74, 6) is 0.604. The summed E-state index contributed by atoms with van der Waals surface area (Å²) < 4.78 is 1.72. The molecule has 0 aliphatic rings. The van der Waals surface area contributed by atoms with E-state index in [9.17, 15) is 0 Å². The van der Waals surface area contributed by atoms with Crippen LogP contribution in [0.3, 0.4) is 0 Å². The zero-order valence-electron chi connectivity index (χ0n) is 12.6. The molecule has 6 nitrogen and oxygen atoms in total. The van der Waals surface area contributed by atoms with Gasteiger partial charge in [-0.25, -0.2) is 9.67 Å². The fourth-order valence-corrected chi connectivity index (χ4v) is 2.60. The number of rotatable bonds is 2. The molecule has 4 rings (SSSR count). The maximum absolute atomic E-state index is 9.07. The van der Waals surface area contributed by atoms with Gasteiger partial charge in [0, 0.05) is 35.6 Å². The van der Waals surface area contributed by atoms with Gasteiger partial charge in [0.15, 0.2) is 5.82 Å². The Morgan fingerprint density at radius 3 is 2.75 bits per heavy atom. The van der Waals surface area contributed by atoms with Gasteiger partial charge in [-0.1, -0.05) is 12.1 Å². The number of aromatic nitrogens is 4. The van der Waals surface area contributed by atoms with Gasteiger partial charge >= 0.3 is 0 Å². The highest BCUT2D eigenvalue weighted by atomic mass is 15.3. The zero-order chi connectivity index (χ0) is 16.5. The highest BCUT2D eigenvalue weighted by molar-refractivity contribution is 5.85. The Morgan fingerprint density at radius 2 is 1.92 bits per heavy atom. The van der Waals surface area contributed by atoms with Crippen LogP contribution in [-0.2, 0) is 0 Å². The summed E-state index contributed by atoms with van der Waals surface area (Å²) in [7, 11) is 0. The molecule has 1 aromatic carbocycles. The molecule has 0 aliphatic heterocycles. The van der Waals surface area contributed by atoms with E-state index in [-0.39, 0.29) is 0 Å². The second kappa shape index (κ2) is 5.48. The minimum absolute atomic E-state index is 0.542. The fraction of sp³-hybridized carbons (Fsp3) is 0. The average Bonchev–Trinajstić information content (AvgIpc) is 3.05. The third-order valence-electron chi connectivity index (χ3n) is 3.76. The second-order valence-electron chi connectivity index (χ2n) is 5.35. The van der Waals surface area contributed by atoms with Crippen LogP contribution in [0.1, 0.15) is 5.56 Å². The predicted molar refractivity (Wildman–Crippen MR) is 91.2 cm³/mol. The van der Waals surface area contributed by atoms with Crippen LogP contribution < -0.4 is 5.73 Å². The molecule has 114 valence electrons. The molecule has 0 unspecified atom stereocenters. The van der Waals surface area contributed by atoms with E-state index in [1.807, 2.05) is 24.3 Å². The summed E-state index contributed by atoms with van der Waals surface area (Å²) in [5.41, 5.74) is 9.80. The molecule has 2 N–H and O–H groups in total. The Balaban J connectivity index is 1.89. The Labute approximate surface area is 137 Å². The lowest BCUT2D eigenvalue weighted by atomic mass is 10.1. The number of fused-ring (bicyclic) bond motifs is 1. The van der Waals surface area contributed by atoms with Crippen molar-refractivity contribution in [3.8, 4) is 23.0 Å². The van der Waals surface area contributed by atoms with Crippen molar-refractivity contribution in [3.63, 3.8) is 0 Å². The topological polar surface area (TPSA) is 93.4 Å². The van der Waals surface area contributed by atoms with Gasteiger partial charge in [0.05, 0.1) is 29.0 Å². The maximum Gasteiger partial charge on any atom is 0.155 e. The van der Waals surface area contributed by atoms with Gasteiger partial charge in [0.2, 0.25) is 0 Å². The Hall–Kier alpha value is -3.72. The van der Waals surface area contributed by atoms with Gasteiger partial charge in [-0.2, -0.15) is 10.4 Å². The van der Waals surface area contributed by atoms with Crippen LogP contribution in [0.4, 0.5) is 5.69 Å². The van der Waals surface area contributed by atoms with E-state index >= 15 is 0 Å². The van der Waals surface area contributed by atoms with Crippen LogP contribution >= 0.6 is 0 Å². The molecule has 0 radical (unpaired) electrons. The molecule has 0 bridgehead atoms. The van der Waals surface area contributed by atoms with Crippen LogP contribution in [0.25, 0.3) is 27.8 Å². The maximum atomic E-state index is 9.07. The normalized spacial score (nSPS) is 10.6. The number of anilines is 1. The lowest BCUT2D eigenvalue weighted by molar-refractivity contribution is 0.874. The van der Waals surface area contributed by atoms with Crippen LogP contribution in [0.2, 0.25) is 0 Å². The molecule has 0 spiro atoms. The molecular formula is C18H12N6. The van der Waals surface area contributed by atoms with Gasteiger partial charge in [-0.3, -0.25) is 4.98 Å². The van der Waals surface area contributed by atoms with Crippen molar-refractivity contribution >= 4 is 16.6 Å². The van der Waals surface area contributed by atoms with Crippen molar-refractivity contribution in [1.29, 1.82) is 5.26 Å². The molecule has 4 aromatic rings. The highest BCUT2D eigenvalue weighted by Gasteiger charge is 2.09. The van der Waals surface area contributed by atoms with Crippen LogP contribution in [0.5, 0.6) is 0 Å². The first-order chi connectivity index (χ1) is 11.7. The summed E-state index contributed by atoms with van der Waals surface area (Å²) in [4.78, 5) is 8.45. The number of benzene rings is 1. The van der Waals surface area contributed by atoms with Crippen molar-refractivity contribution in [2.75, 3.05) is 5.73 Å². The van der Waals surface area contributed by atoms with Gasteiger partial charge in [0.1, 0.15) is 0 Å². The summed E-state index contributed by atoms with van der Waals surface area (Å²) in [5, 5.41) is 14.4. The first-order valence-electron chi connectivity index (χ1n) is 7.30. The van der Waals surface area contributed by atoms with E-state index in [0.29, 0.717) is 17.1 Å². The van der Waals surface area contributed by atoms with Crippen molar-refractivity contribution in [2.24, 2.45) is 0 Å². The SMILES string of the molecule is N#Cc1ccnc(-n2ncc3ccc(-c4cncc(N)c4)cc32)c1. The molecule has 0 aliphatic carbocycles. The third-order valence-corrected chi connectivity index (χ3v) is 3.76. The van der Waals surface area contributed by atoms with Crippen molar-refractivity contribution < 1.29 is 0 Å². The van der Waals surface area contributed by atoms with E-state index in [0.717, 1.165) is 22.0 Å². The molecule has 3 aromatic heterocycles. The quantitative estimate of drug-likeness (QED) is 0.614. The molecule has 0 saturated heterocycles. The first-order valence-corrected chi connectivity index (χ1v) is 7.30. The zero-order valence-corrected chi connectivity index (χ0v) is 12.6. The van der Waals surface area contributed by atoms with Crippen molar-refractivity contribution in [2.45, 2.75) is 0 Å². The molecule has 0 fully saturated rings. The Bertz CT molecular complexity index is 1090. The Kier molecular flexibility index (Phi) is 3.18. The smallest absolute Gasteiger partial charge is 0.155 e. The molecule has 3 heterocycles. The van der Waals surface area contributed by atoms with E-state index < -0.39 is 0 Å². The predicted octanol–water partition coefficient (Wildman–Crippen LogP) is 2.94. The average molecular weight is 312 g/mol. The molecule has 0 atom stereocenters. The third kappa shape index (κ3) is 2.34. The molecule has 0 saturated carbocycles. The number of nitrogens with two attached hydrogens (primary N) is 1. The molecular weight excluding hydrogens is 300 g/mol. The number of hydrogen-bond acceptors (Lipinski definition) is 5. The second-order valence-corrected chi connectivity index (χ2v) is 5.35. The first kappa shape index (κ1) is 13.9. The van der Waals surface area contributed by atoms with Gasteiger partial charge in [0.25, 0.3) is 0 Å². The summed E-state index contributed by atoms with van der Waals surface area (Å²) in [6, 6.07) is 13.4. The monoisotopic (exact) mass is 312 g/mol. The lowest BCUT2D eigenvalue weighted by Gasteiger charge is -2.06. The van der Waals surface area contributed by atoms with E-state index in [1.54, 1.807) is 41.6 Å². The molecule has 6 heteroatoms. The van der Waals surface area contributed by atoms with Crippen LogP contribution in [0, 0.1) is 11.3 Å². The number of hydrogen-bond donors (Lipinski definition) is 1. The fourth-order valence-electron chi connectivity index (χ4n) is 2.60. The molecule has 24 heavy (non-hydrogen) atoms. The van der Waals surface area contributed by atoms with Gasteiger partial charge < -0.3 is 5.73 Å². The summed E-state index contributed by atoms with van der Waals surface area (Å²) >= 11 is 0. The number of nitrogens with zero attached hydrogens (tertiary/aromatic N) is 5. The van der Waals surface area contributed by atoms with Gasteiger partial charge in [-0.05, 0) is 23.8 Å². The minimum atomic E-state index is 0.542. The Morgan fingerprint density at radius 1 is 1.00 bits per heavy atom. The number of nitriles is 1. The van der Waals surface area contributed by atoms with Crippen molar-refractivity contribution in [1.82, 2.24) is 19.7 Å². The number of pyridine rings is 2. The van der Waals surface area contributed by atoms with E-state index in [2.05, 4.69) is 21.1 Å². The van der Waals surface area contributed by atoms with Crippen LogP contribution in [-0.4, -0.2) is 19.7 Å². The minimum Gasteiger partial charge on any atom is -0.397 e. The largest absolute Gasteiger partial charge is 0.397 e.